The lowest BCUT2D eigenvalue weighted by Gasteiger charge is -2.18. The molecule has 176 valence electrons. The lowest BCUT2D eigenvalue weighted by Crippen LogP contribution is -2.27. The first-order valence-corrected chi connectivity index (χ1v) is 12.4. The maximum atomic E-state index is 13.1. The van der Waals surface area contributed by atoms with Gasteiger partial charge in [0, 0.05) is 25.0 Å². The molecule has 0 atom stereocenters. The van der Waals surface area contributed by atoms with Crippen molar-refractivity contribution in [1.29, 1.82) is 0 Å². The number of nitrogens with zero attached hydrogens (tertiary/aromatic N) is 4. The largest absolute Gasteiger partial charge is 0.321 e. The number of benzene rings is 2. The Morgan fingerprint density at radius 1 is 1.12 bits per heavy atom. The van der Waals surface area contributed by atoms with Gasteiger partial charge in [-0.05, 0) is 43.7 Å². The van der Waals surface area contributed by atoms with E-state index in [9.17, 15) is 13.2 Å². The first kappa shape index (κ1) is 23.9. The molecule has 0 saturated carbocycles. The number of sulfonamides is 1. The van der Waals surface area contributed by atoms with Crippen molar-refractivity contribution in [3.8, 4) is 0 Å². The van der Waals surface area contributed by atoms with Crippen molar-refractivity contribution in [3.63, 3.8) is 0 Å². The molecule has 0 radical (unpaired) electrons. The maximum absolute atomic E-state index is 13.1. The maximum Gasteiger partial charge on any atom is 0.257 e. The van der Waals surface area contributed by atoms with E-state index >= 15 is 0 Å². The predicted octanol–water partition coefficient (Wildman–Crippen LogP) is 4.74. The van der Waals surface area contributed by atoms with Crippen LogP contribution in [0.4, 0.5) is 5.69 Å². The van der Waals surface area contributed by atoms with Gasteiger partial charge in [0.25, 0.3) is 5.91 Å². The summed E-state index contributed by atoms with van der Waals surface area (Å²) in [5.41, 5.74) is 2.06. The number of pyridine rings is 1. The van der Waals surface area contributed by atoms with Crippen LogP contribution in [0.3, 0.4) is 0 Å². The number of carbonyl (C=O) groups is 1. The van der Waals surface area contributed by atoms with Gasteiger partial charge in [0.2, 0.25) is 10.0 Å². The van der Waals surface area contributed by atoms with E-state index in [1.54, 1.807) is 16.9 Å². The molecule has 8 nitrogen and oxygen atoms in total. The van der Waals surface area contributed by atoms with Gasteiger partial charge < -0.3 is 5.32 Å². The number of hydrogen-bond donors (Lipinski definition) is 1. The third-order valence-electron chi connectivity index (χ3n) is 5.32. The molecule has 0 bridgehead atoms. The summed E-state index contributed by atoms with van der Waals surface area (Å²) in [6.45, 7) is 4.21. The summed E-state index contributed by atoms with van der Waals surface area (Å²) in [5.74, 6) is -0.537. The van der Waals surface area contributed by atoms with Gasteiger partial charge in [-0.3, -0.25) is 4.79 Å². The number of nitrogens with one attached hydrogen (secondary N) is 1. The Morgan fingerprint density at radius 3 is 2.56 bits per heavy atom. The molecule has 2 aromatic carbocycles. The zero-order chi connectivity index (χ0) is 24.5. The van der Waals surface area contributed by atoms with Crippen LogP contribution in [0.2, 0.25) is 5.02 Å². The molecule has 1 amide bonds. The van der Waals surface area contributed by atoms with E-state index in [0.29, 0.717) is 11.3 Å². The van der Waals surface area contributed by atoms with Crippen LogP contribution in [-0.4, -0.2) is 40.4 Å². The van der Waals surface area contributed by atoms with E-state index in [2.05, 4.69) is 15.4 Å². The summed E-state index contributed by atoms with van der Waals surface area (Å²) < 4.78 is 29.3. The Hall–Kier alpha value is -3.27. The van der Waals surface area contributed by atoms with Crippen LogP contribution in [0, 0.1) is 0 Å². The summed E-state index contributed by atoms with van der Waals surface area (Å²) in [7, 11) is -2.35. The number of rotatable bonds is 7. The van der Waals surface area contributed by atoms with E-state index in [1.165, 1.54) is 35.7 Å². The van der Waals surface area contributed by atoms with Crippen LogP contribution >= 0.6 is 11.6 Å². The Labute approximate surface area is 203 Å². The predicted molar refractivity (Wildman–Crippen MR) is 132 cm³/mol. The van der Waals surface area contributed by atoms with Gasteiger partial charge >= 0.3 is 0 Å². The van der Waals surface area contributed by atoms with Crippen molar-refractivity contribution in [2.24, 2.45) is 0 Å². The van der Waals surface area contributed by atoms with Gasteiger partial charge in [-0.25, -0.2) is 18.1 Å². The highest BCUT2D eigenvalue weighted by Gasteiger charge is 2.23. The first-order valence-electron chi connectivity index (χ1n) is 10.6. The van der Waals surface area contributed by atoms with Gasteiger partial charge in [-0.2, -0.15) is 9.40 Å². The lowest BCUT2D eigenvalue weighted by atomic mass is 10.2. The van der Waals surface area contributed by atoms with Crippen molar-refractivity contribution in [1.82, 2.24) is 19.1 Å². The van der Waals surface area contributed by atoms with E-state index < -0.39 is 15.9 Å². The van der Waals surface area contributed by atoms with Crippen molar-refractivity contribution in [2.45, 2.75) is 31.3 Å². The van der Waals surface area contributed by atoms with Crippen molar-refractivity contribution < 1.29 is 13.2 Å². The number of aromatic nitrogens is 3. The molecular weight excluding hydrogens is 474 g/mol. The second kappa shape index (κ2) is 9.54. The minimum absolute atomic E-state index is 0.0210. The quantitative estimate of drug-likeness (QED) is 0.398. The summed E-state index contributed by atoms with van der Waals surface area (Å²) in [6, 6.07) is 15.3. The zero-order valence-corrected chi connectivity index (χ0v) is 20.5. The van der Waals surface area contributed by atoms with Crippen LogP contribution in [0.25, 0.3) is 11.0 Å². The van der Waals surface area contributed by atoms with Crippen LogP contribution in [0.1, 0.15) is 35.8 Å². The Kier molecular flexibility index (Phi) is 6.70. The van der Waals surface area contributed by atoms with Crippen LogP contribution in [0.5, 0.6) is 0 Å². The lowest BCUT2D eigenvalue weighted by molar-refractivity contribution is 0.102. The molecule has 0 aliphatic rings. The molecule has 0 spiro atoms. The Morgan fingerprint density at radius 2 is 1.85 bits per heavy atom. The zero-order valence-electron chi connectivity index (χ0n) is 18.9. The molecule has 2 heterocycles. The van der Waals surface area contributed by atoms with Crippen molar-refractivity contribution >= 4 is 44.3 Å². The molecule has 0 unspecified atom stereocenters. The Balaban J connectivity index is 1.57. The van der Waals surface area contributed by atoms with Gasteiger partial charge in [0.15, 0.2) is 5.65 Å². The van der Waals surface area contributed by atoms with E-state index in [0.717, 1.165) is 10.9 Å². The number of amides is 1. The summed E-state index contributed by atoms with van der Waals surface area (Å²) in [6.07, 6.45) is 3.21. The molecule has 34 heavy (non-hydrogen) atoms. The molecule has 4 aromatic rings. The topological polar surface area (TPSA) is 97.2 Å². The molecule has 1 N–H and O–H groups in total. The second-order valence-corrected chi connectivity index (χ2v) is 10.6. The van der Waals surface area contributed by atoms with Gasteiger partial charge in [-0.15, -0.1) is 0 Å². The fourth-order valence-corrected chi connectivity index (χ4v) is 4.92. The normalized spacial score (nSPS) is 11.9. The van der Waals surface area contributed by atoms with Crippen molar-refractivity contribution in [2.75, 3.05) is 12.4 Å². The summed E-state index contributed by atoms with van der Waals surface area (Å²) in [5, 5.41) is 7.98. The van der Waals surface area contributed by atoms with Crippen LogP contribution < -0.4 is 5.32 Å². The number of fused-ring (bicyclic) bond motifs is 1. The smallest absolute Gasteiger partial charge is 0.257 e. The second-order valence-electron chi connectivity index (χ2n) is 8.16. The third kappa shape index (κ3) is 4.82. The molecule has 4 rings (SSSR count). The third-order valence-corrected chi connectivity index (χ3v) is 7.45. The van der Waals surface area contributed by atoms with Crippen molar-refractivity contribution in [3.05, 3.63) is 83.1 Å². The number of anilines is 1. The molecule has 0 aliphatic carbocycles. The van der Waals surface area contributed by atoms with Gasteiger partial charge in [0.1, 0.15) is 0 Å². The number of halogens is 1. The SMILES string of the molecule is CC(C)n1ncc2cc(NC(=O)c3cc(S(=O)(=O)N(C)Cc4ccccc4)ccc3Cl)cnc21. The first-order chi connectivity index (χ1) is 16.2. The fourth-order valence-electron chi connectivity index (χ4n) is 3.53. The van der Waals surface area contributed by atoms with E-state index in [-0.39, 0.29) is 28.1 Å². The summed E-state index contributed by atoms with van der Waals surface area (Å²) >= 11 is 6.25. The highest BCUT2D eigenvalue weighted by atomic mass is 35.5. The van der Waals surface area contributed by atoms with Crippen LogP contribution in [0.15, 0.2) is 71.9 Å². The van der Waals surface area contributed by atoms with E-state index in [4.69, 9.17) is 11.6 Å². The molecule has 10 heteroatoms. The number of carbonyl (C=O) groups excluding carboxylic acids is 1. The molecule has 0 fully saturated rings. The molecule has 2 aromatic heterocycles. The van der Waals surface area contributed by atoms with Crippen LogP contribution in [-0.2, 0) is 16.6 Å². The fraction of sp³-hybridized carbons (Fsp3) is 0.208. The number of hydrogen-bond acceptors (Lipinski definition) is 5. The average molecular weight is 498 g/mol. The minimum Gasteiger partial charge on any atom is -0.321 e. The van der Waals surface area contributed by atoms with Gasteiger partial charge in [-0.1, -0.05) is 41.9 Å². The molecular formula is C24H24ClN5O3S. The highest BCUT2D eigenvalue weighted by molar-refractivity contribution is 7.89. The average Bonchev–Trinajstić information content (AvgIpc) is 3.23. The van der Waals surface area contributed by atoms with Gasteiger partial charge in [0.05, 0.1) is 33.6 Å². The highest BCUT2D eigenvalue weighted by Crippen LogP contribution is 2.25. The summed E-state index contributed by atoms with van der Waals surface area (Å²) in [4.78, 5) is 17.4. The molecule has 0 saturated heterocycles. The monoisotopic (exact) mass is 497 g/mol. The Bertz CT molecular complexity index is 1450. The molecule has 0 aliphatic heterocycles. The van der Waals surface area contributed by atoms with E-state index in [1.807, 2.05) is 44.2 Å². The minimum atomic E-state index is -3.85. The standard InChI is InChI=1S/C24H24ClN5O3S/c1-16(2)30-23-18(13-27-30)11-19(14-26-23)28-24(31)21-12-20(9-10-22(21)25)34(32,33)29(3)15-17-7-5-4-6-8-17/h4-14,16H,15H2,1-3H3,(H,28,31).